The number of hydrogen-bond donors (Lipinski definition) is 1. The third-order valence-electron chi connectivity index (χ3n) is 2.55. The lowest BCUT2D eigenvalue weighted by Crippen LogP contribution is -2.02. The monoisotopic (exact) mass is 312 g/mol. The summed E-state index contributed by atoms with van der Waals surface area (Å²) in [6.07, 6.45) is 0.0593. The molecule has 0 radical (unpaired) electrons. The number of thiophene rings is 1. The van der Waals surface area contributed by atoms with Gasteiger partial charge < -0.3 is 9.84 Å². The van der Waals surface area contributed by atoms with Crippen molar-refractivity contribution < 1.29 is 9.84 Å². The van der Waals surface area contributed by atoms with E-state index in [1.165, 1.54) is 0 Å². The average molecular weight is 313 g/mol. The van der Waals surface area contributed by atoms with Gasteiger partial charge in [-0.2, -0.15) is 0 Å². The van der Waals surface area contributed by atoms with E-state index in [1.807, 2.05) is 35.7 Å². The Hall–Kier alpha value is -0.840. The minimum Gasteiger partial charge on any atom is -0.496 e. The van der Waals surface area contributed by atoms with Crippen LogP contribution in [0.4, 0.5) is 0 Å². The van der Waals surface area contributed by atoms with Gasteiger partial charge in [0.2, 0.25) is 0 Å². The van der Waals surface area contributed by atoms with Crippen LogP contribution in [0.2, 0.25) is 0 Å². The van der Waals surface area contributed by atoms with Gasteiger partial charge in [-0.3, -0.25) is 0 Å². The summed E-state index contributed by atoms with van der Waals surface area (Å²) < 4.78 is 6.24. The first-order valence-electron chi connectivity index (χ1n) is 5.25. The Labute approximate surface area is 113 Å². The molecule has 1 heterocycles. The van der Waals surface area contributed by atoms with Crippen LogP contribution in [0.15, 0.2) is 40.2 Å². The lowest BCUT2D eigenvalue weighted by Gasteiger charge is -2.12. The largest absolute Gasteiger partial charge is 0.496 e. The van der Waals surface area contributed by atoms with Crippen LogP contribution >= 0.6 is 27.3 Å². The zero-order valence-electron chi connectivity index (χ0n) is 9.39. The quantitative estimate of drug-likeness (QED) is 0.930. The van der Waals surface area contributed by atoms with E-state index in [9.17, 15) is 5.11 Å². The molecule has 90 valence electrons. The van der Waals surface area contributed by atoms with Crippen LogP contribution in [0.1, 0.15) is 16.5 Å². The molecular formula is C13H13BrO2S. The molecule has 2 rings (SSSR count). The molecule has 0 spiro atoms. The highest BCUT2D eigenvalue weighted by atomic mass is 79.9. The van der Waals surface area contributed by atoms with Crippen LogP contribution in [-0.2, 0) is 6.42 Å². The molecule has 0 aliphatic heterocycles. The van der Waals surface area contributed by atoms with Crippen molar-refractivity contribution in [2.24, 2.45) is 0 Å². The molecule has 0 amide bonds. The molecule has 4 heteroatoms. The number of aliphatic hydroxyl groups is 1. The van der Waals surface area contributed by atoms with Crippen molar-refractivity contribution in [3.8, 4) is 5.75 Å². The van der Waals surface area contributed by atoms with E-state index in [0.29, 0.717) is 6.42 Å². The van der Waals surface area contributed by atoms with Crippen LogP contribution in [0, 0.1) is 0 Å². The summed E-state index contributed by atoms with van der Waals surface area (Å²) in [5.74, 6) is 0.819. The fraction of sp³-hybridized carbons (Fsp3) is 0.231. The van der Waals surface area contributed by atoms with Crippen molar-refractivity contribution in [1.82, 2.24) is 0 Å². The average Bonchev–Trinajstić information content (AvgIpc) is 2.76. The normalized spacial score (nSPS) is 12.4. The van der Waals surface area contributed by atoms with Crippen molar-refractivity contribution in [1.29, 1.82) is 0 Å². The van der Waals surface area contributed by atoms with Gasteiger partial charge in [-0.1, -0.05) is 18.2 Å². The zero-order chi connectivity index (χ0) is 12.3. The van der Waals surface area contributed by atoms with Crippen molar-refractivity contribution in [2.75, 3.05) is 7.11 Å². The van der Waals surface area contributed by atoms with Crippen LogP contribution in [0.25, 0.3) is 0 Å². The smallest absolute Gasteiger partial charge is 0.122 e. The predicted octanol–water partition coefficient (Wildman–Crippen LogP) is 3.80. The van der Waals surface area contributed by atoms with E-state index < -0.39 is 6.10 Å². The fourth-order valence-corrected chi connectivity index (χ4v) is 3.34. The molecule has 1 unspecified atom stereocenters. The van der Waals surface area contributed by atoms with Crippen molar-refractivity contribution in [3.05, 3.63) is 50.6 Å². The van der Waals surface area contributed by atoms with Gasteiger partial charge in [0.15, 0.2) is 0 Å². The highest BCUT2D eigenvalue weighted by Gasteiger charge is 2.15. The van der Waals surface area contributed by atoms with E-state index in [0.717, 1.165) is 20.7 Å². The van der Waals surface area contributed by atoms with Crippen LogP contribution in [-0.4, -0.2) is 12.2 Å². The number of methoxy groups -OCH3 is 1. The molecule has 1 N–H and O–H groups in total. The maximum absolute atomic E-state index is 10.2. The Kier molecular flexibility index (Phi) is 4.20. The van der Waals surface area contributed by atoms with Crippen molar-refractivity contribution >= 4 is 27.3 Å². The fourth-order valence-electron chi connectivity index (χ4n) is 1.72. The molecular weight excluding hydrogens is 300 g/mol. The molecule has 0 bridgehead atoms. The third-order valence-corrected chi connectivity index (χ3v) is 4.53. The van der Waals surface area contributed by atoms with Gasteiger partial charge in [-0.25, -0.2) is 0 Å². The Morgan fingerprint density at radius 2 is 2.12 bits per heavy atom. The van der Waals surface area contributed by atoms with E-state index in [1.54, 1.807) is 18.4 Å². The number of halogens is 1. The van der Waals surface area contributed by atoms with Gasteiger partial charge in [0, 0.05) is 15.8 Å². The first kappa shape index (κ1) is 12.6. The Bertz CT molecular complexity index is 496. The van der Waals surface area contributed by atoms with Crippen molar-refractivity contribution in [3.63, 3.8) is 0 Å². The maximum atomic E-state index is 10.2. The summed E-state index contributed by atoms with van der Waals surface area (Å²) in [4.78, 5) is 0.955. The Morgan fingerprint density at radius 1 is 1.35 bits per heavy atom. The number of rotatable bonds is 4. The first-order chi connectivity index (χ1) is 8.22. The van der Waals surface area contributed by atoms with E-state index in [2.05, 4.69) is 15.9 Å². The molecule has 2 aromatic rings. The van der Waals surface area contributed by atoms with Gasteiger partial charge in [0.1, 0.15) is 5.75 Å². The molecule has 1 aromatic carbocycles. The van der Waals surface area contributed by atoms with E-state index in [4.69, 9.17) is 4.74 Å². The lowest BCUT2D eigenvalue weighted by molar-refractivity contribution is 0.180. The maximum Gasteiger partial charge on any atom is 0.122 e. The summed E-state index contributed by atoms with van der Waals surface area (Å²) in [6, 6.07) is 9.71. The molecule has 2 nitrogen and oxygen atoms in total. The van der Waals surface area contributed by atoms with Crippen molar-refractivity contribution in [2.45, 2.75) is 12.5 Å². The van der Waals surface area contributed by atoms with Gasteiger partial charge in [0.05, 0.1) is 13.2 Å². The molecule has 0 aliphatic rings. The second-order valence-electron chi connectivity index (χ2n) is 3.66. The highest BCUT2D eigenvalue weighted by Crippen LogP contribution is 2.32. The summed E-state index contributed by atoms with van der Waals surface area (Å²) in [7, 11) is 1.65. The second-order valence-corrected chi connectivity index (χ2v) is 5.47. The molecule has 17 heavy (non-hydrogen) atoms. The highest BCUT2D eigenvalue weighted by molar-refractivity contribution is 9.10. The predicted molar refractivity (Wildman–Crippen MR) is 73.7 cm³/mol. The Balaban J connectivity index is 2.18. The number of para-hydroxylation sites is 1. The molecule has 1 atom stereocenters. The van der Waals surface area contributed by atoms with Gasteiger partial charge in [-0.15, -0.1) is 11.3 Å². The van der Waals surface area contributed by atoms with Crippen LogP contribution < -0.4 is 4.74 Å². The van der Waals surface area contributed by atoms with E-state index in [-0.39, 0.29) is 0 Å². The number of benzene rings is 1. The summed E-state index contributed by atoms with van der Waals surface area (Å²) in [6.45, 7) is 0. The number of aliphatic hydroxyl groups excluding tert-OH is 1. The van der Waals surface area contributed by atoms with Crippen LogP contribution in [0.5, 0.6) is 5.75 Å². The van der Waals surface area contributed by atoms with E-state index >= 15 is 0 Å². The summed E-state index contributed by atoms with van der Waals surface area (Å²) in [5.41, 5.74) is 1.02. The minimum atomic E-state index is -0.499. The topological polar surface area (TPSA) is 29.5 Å². The first-order valence-corrected chi connectivity index (χ1v) is 6.92. The lowest BCUT2D eigenvalue weighted by atomic mass is 10.1. The molecule has 0 saturated heterocycles. The number of hydrogen-bond acceptors (Lipinski definition) is 3. The van der Waals surface area contributed by atoms with Gasteiger partial charge in [0.25, 0.3) is 0 Å². The standard InChI is InChI=1S/C13H13BrO2S/c1-16-12-5-3-2-4-9(12)8-11(15)13-10(14)6-7-17-13/h2-7,11,15H,8H2,1H3. The van der Waals surface area contributed by atoms with Gasteiger partial charge >= 0.3 is 0 Å². The molecule has 0 aliphatic carbocycles. The molecule has 0 saturated carbocycles. The molecule has 1 aromatic heterocycles. The second kappa shape index (κ2) is 5.67. The number of ether oxygens (including phenoxy) is 1. The molecule has 0 fully saturated rings. The summed E-state index contributed by atoms with van der Waals surface area (Å²) in [5, 5.41) is 12.2. The third kappa shape index (κ3) is 2.89. The van der Waals surface area contributed by atoms with Gasteiger partial charge in [-0.05, 0) is 39.0 Å². The summed E-state index contributed by atoms with van der Waals surface area (Å²) >= 11 is 4.99. The Morgan fingerprint density at radius 3 is 2.76 bits per heavy atom. The van der Waals surface area contributed by atoms with Crippen LogP contribution in [0.3, 0.4) is 0 Å². The SMILES string of the molecule is COc1ccccc1CC(O)c1sccc1Br. The zero-order valence-corrected chi connectivity index (χ0v) is 11.8. The minimum absolute atomic E-state index is 0.499.